The fourth-order valence-corrected chi connectivity index (χ4v) is 3.18. The molecule has 1 aliphatic heterocycles. The average Bonchev–Trinajstić information content (AvgIpc) is 3.16. The summed E-state index contributed by atoms with van der Waals surface area (Å²) in [6.07, 6.45) is 5.39. The van der Waals surface area contributed by atoms with Crippen molar-refractivity contribution in [3.63, 3.8) is 0 Å². The maximum atomic E-state index is 5.97. The number of rotatable bonds is 7. The first-order chi connectivity index (χ1) is 10.4. The number of ether oxygens (including phenoxy) is 3. The van der Waals surface area contributed by atoms with Gasteiger partial charge in [-0.2, -0.15) is 0 Å². The molecule has 1 aliphatic carbocycles. The number of hydrogen-bond acceptors (Lipinski definition) is 4. The Kier molecular flexibility index (Phi) is 4.99. The maximum absolute atomic E-state index is 5.97. The van der Waals surface area contributed by atoms with Crippen LogP contribution in [0.1, 0.15) is 44.2 Å². The largest absolute Gasteiger partial charge is 0.454 e. The third-order valence-electron chi connectivity index (χ3n) is 4.36. The summed E-state index contributed by atoms with van der Waals surface area (Å²) in [5.74, 6) is 2.44. The van der Waals surface area contributed by atoms with Gasteiger partial charge in [0.25, 0.3) is 0 Å². The van der Waals surface area contributed by atoms with E-state index in [-0.39, 0.29) is 6.04 Å². The van der Waals surface area contributed by atoms with Crippen molar-refractivity contribution < 1.29 is 14.2 Å². The van der Waals surface area contributed by atoms with E-state index in [4.69, 9.17) is 14.2 Å². The summed E-state index contributed by atoms with van der Waals surface area (Å²) >= 11 is 0. The highest BCUT2D eigenvalue weighted by molar-refractivity contribution is 5.45. The summed E-state index contributed by atoms with van der Waals surface area (Å²) in [7, 11) is 0. The van der Waals surface area contributed by atoms with Crippen LogP contribution in [-0.2, 0) is 4.74 Å². The average molecular weight is 291 g/mol. The van der Waals surface area contributed by atoms with Crippen LogP contribution < -0.4 is 14.8 Å². The highest BCUT2D eigenvalue weighted by atomic mass is 16.7. The van der Waals surface area contributed by atoms with Crippen molar-refractivity contribution >= 4 is 0 Å². The van der Waals surface area contributed by atoms with Crippen molar-refractivity contribution in [3.8, 4) is 11.5 Å². The zero-order chi connectivity index (χ0) is 14.5. The van der Waals surface area contributed by atoms with Crippen LogP contribution in [0.25, 0.3) is 0 Å². The minimum atomic E-state index is 0.214. The van der Waals surface area contributed by atoms with Crippen molar-refractivity contribution in [2.24, 2.45) is 5.92 Å². The van der Waals surface area contributed by atoms with Crippen molar-refractivity contribution in [2.75, 3.05) is 26.6 Å². The quantitative estimate of drug-likeness (QED) is 0.837. The summed E-state index contributed by atoms with van der Waals surface area (Å²) in [6.45, 7) is 4.97. The number of fused-ring (bicyclic) bond motifs is 1. The van der Waals surface area contributed by atoms with Gasteiger partial charge in [0.2, 0.25) is 6.79 Å². The molecule has 1 atom stereocenters. The molecule has 0 aromatic heterocycles. The zero-order valence-electron chi connectivity index (χ0n) is 12.8. The fraction of sp³-hybridized carbons (Fsp3) is 0.647. The minimum Gasteiger partial charge on any atom is -0.454 e. The molecule has 1 aromatic carbocycles. The summed E-state index contributed by atoms with van der Waals surface area (Å²) in [6, 6.07) is 6.36. The smallest absolute Gasteiger partial charge is 0.231 e. The van der Waals surface area contributed by atoms with Crippen LogP contribution in [0.4, 0.5) is 0 Å². The predicted octanol–water partition coefficient (Wildman–Crippen LogP) is 3.27. The number of likely N-dealkylation sites (N-methyl/N-ethyl adjacent to an activating group) is 1. The lowest BCUT2D eigenvalue weighted by atomic mass is 10.1. The Morgan fingerprint density at radius 2 is 2.05 bits per heavy atom. The molecule has 0 spiro atoms. The molecular weight excluding hydrogens is 266 g/mol. The normalized spacial score (nSPS) is 19.1. The van der Waals surface area contributed by atoms with Gasteiger partial charge in [0, 0.05) is 6.61 Å². The van der Waals surface area contributed by atoms with Gasteiger partial charge in [-0.3, -0.25) is 0 Å². The molecule has 4 nitrogen and oxygen atoms in total. The molecule has 1 aromatic rings. The SMILES string of the molecule is CCNC(COCC1CCCC1)c1ccc2c(c1)OCO2. The van der Waals surface area contributed by atoms with Crippen LogP contribution in [0.15, 0.2) is 18.2 Å². The van der Waals surface area contributed by atoms with E-state index in [2.05, 4.69) is 24.4 Å². The summed E-state index contributed by atoms with van der Waals surface area (Å²) in [5, 5.41) is 3.49. The minimum absolute atomic E-state index is 0.214. The molecule has 0 amide bonds. The van der Waals surface area contributed by atoms with Gasteiger partial charge in [0.1, 0.15) is 0 Å². The lowest BCUT2D eigenvalue weighted by molar-refractivity contribution is 0.0831. The second-order valence-corrected chi connectivity index (χ2v) is 5.91. The van der Waals surface area contributed by atoms with Crippen molar-refractivity contribution in [1.82, 2.24) is 5.32 Å². The molecule has 1 fully saturated rings. The van der Waals surface area contributed by atoms with Crippen LogP contribution in [0.2, 0.25) is 0 Å². The maximum Gasteiger partial charge on any atom is 0.231 e. The Labute approximate surface area is 126 Å². The molecule has 2 aliphatic rings. The van der Waals surface area contributed by atoms with Crippen molar-refractivity contribution in [1.29, 1.82) is 0 Å². The Morgan fingerprint density at radius 1 is 1.24 bits per heavy atom. The topological polar surface area (TPSA) is 39.7 Å². The van der Waals surface area contributed by atoms with E-state index >= 15 is 0 Å². The first kappa shape index (κ1) is 14.7. The molecule has 0 radical (unpaired) electrons. The number of benzene rings is 1. The van der Waals surface area contributed by atoms with Crippen molar-refractivity contribution in [3.05, 3.63) is 23.8 Å². The summed E-state index contributed by atoms with van der Waals surface area (Å²) < 4.78 is 16.8. The second-order valence-electron chi connectivity index (χ2n) is 5.91. The van der Waals surface area contributed by atoms with Gasteiger partial charge >= 0.3 is 0 Å². The van der Waals surface area contributed by atoms with E-state index in [1.807, 2.05) is 6.07 Å². The molecule has 3 rings (SSSR count). The molecular formula is C17H25NO3. The lowest BCUT2D eigenvalue weighted by Gasteiger charge is -2.20. The highest BCUT2D eigenvalue weighted by Gasteiger charge is 2.19. The van der Waals surface area contributed by atoms with Crippen LogP contribution in [0.5, 0.6) is 11.5 Å². The van der Waals surface area contributed by atoms with Crippen LogP contribution in [0, 0.1) is 5.92 Å². The number of nitrogens with one attached hydrogen (secondary N) is 1. The Hall–Kier alpha value is -1.26. The van der Waals surface area contributed by atoms with Gasteiger partial charge in [-0.1, -0.05) is 25.8 Å². The van der Waals surface area contributed by atoms with Gasteiger partial charge < -0.3 is 19.5 Å². The first-order valence-corrected chi connectivity index (χ1v) is 8.07. The van der Waals surface area contributed by atoms with Crippen LogP contribution in [-0.4, -0.2) is 26.6 Å². The third kappa shape index (κ3) is 3.69. The monoisotopic (exact) mass is 291 g/mol. The van der Waals surface area contributed by atoms with E-state index in [0.29, 0.717) is 13.4 Å². The van der Waals surface area contributed by atoms with E-state index in [0.717, 1.165) is 30.6 Å². The Bertz CT molecular complexity index is 457. The molecule has 0 bridgehead atoms. The predicted molar refractivity (Wildman–Crippen MR) is 81.8 cm³/mol. The standard InChI is InChI=1S/C17H25NO3/c1-2-18-15(11-19-10-13-5-3-4-6-13)14-7-8-16-17(9-14)21-12-20-16/h7-9,13,15,18H,2-6,10-12H2,1H3. The van der Waals surface area contributed by atoms with E-state index in [1.165, 1.54) is 31.2 Å². The molecule has 0 saturated heterocycles. The highest BCUT2D eigenvalue weighted by Crippen LogP contribution is 2.34. The van der Waals surface area contributed by atoms with Crippen molar-refractivity contribution in [2.45, 2.75) is 38.6 Å². The molecule has 1 saturated carbocycles. The molecule has 4 heteroatoms. The van der Waals surface area contributed by atoms with Gasteiger partial charge in [-0.15, -0.1) is 0 Å². The number of hydrogen-bond donors (Lipinski definition) is 1. The lowest BCUT2D eigenvalue weighted by Crippen LogP contribution is -2.26. The van der Waals surface area contributed by atoms with Gasteiger partial charge in [0.05, 0.1) is 12.6 Å². The zero-order valence-corrected chi connectivity index (χ0v) is 12.8. The molecule has 1 heterocycles. The Morgan fingerprint density at radius 3 is 2.86 bits per heavy atom. The Balaban J connectivity index is 1.57. The van der Waals surface area contributed by atoms with Gasteiger partial charge in [0.15, 0.2) is 11.5 Å². The molecule has 21 heavy (non-hydrogen) atoms. The molecule has 116 valence electrons. The second kappa shape index (κ2) is 7.14. The third-order valence-corrected chi connectivity index (χ3v) is 4.36. The fourth-order valence-electron chi connectivity index (χ4n) is 3.18. The van der Waals surface area contributed by atoms with Crippen LogP contribution >= 0.6 is 0 Å². The molecule has 1 N–H and O–H groups in total. The van der Waals surface area contributed by atoms with E-state index in [1.54, 1.807) is 0 Å². The van der Waals surface area contributed by atoms with Gasteiger partial charge in [-0.25, -0.2) is 0 Å². The van der Waals surface area contributed by atoms with E-state index < -0.39 is 0 Å². The van der Waals surface area contributed by atoms with Gasteiger partial charge in [-0.05, 0) is 43.0 Å². The summed E-state index contributed by atoms with van der Waals surface area (Å²) in [5.41, 5.74) is 1.20. The first-order valence-electron chi connectivity index (χ1n) is 8.07. The summed E-state index contributed by atoms with van der Waals surface area (Å²) in [4.78, 5) is 0. The van der Waals surface area contributed by atoms with Crippen LogP contribution in [0.3, 0.4) is 0 Å². The molecule has 1 unspecified atom stereocenters. The van der Waals surface area contributed by atoms with E-state index in [9.17, 15) is 0 Å².